The van der Waals surface area contributed by atoms with Crippen LogP contribution in [0.2, 0.25) is 5.02 Å². The van der Waals surface area contributed by atoms with E-state index in [0.717, 1.165) is 12.8 Å². The Morgan fingerprint density at radius 2 is 2.23 bits per heavy atom. The fourth-order valence-corrected chi connectivity index (χ4v) is 3.78. The summed E-state index contributed by atoms with van der Waals surface area (Å²) in [6, 6.07) is 0. The number of aliphatic hydroxyl groups excluding tert-OH is 1. The van der Waals surface area contributed by atoms with Crippen molar-refractivity contribution < 1.29 is 14.3 Å². The van der Waals surface area contributed by atoms with Gasteiger partial charge in [-0.2, -0.15) is 5.10 Å². The van der Waals surface area contributed by atoms with E-state index >= 15 is 4.39 Å². The summed E-state index contributed by atoms with van der Waals surface area (Å²) in [5, 5.41) is 19.2. The zero-order chi connectivity index (χ0) is 21.5. The van der Waals surface area contributed by atoms with Gasteiger partial charge in [-0.3, -0.25) is 14.9 Å². The minimum atomic E-state index is -0.604. The summed E-state index contributed by atoms with van der Waals surface area (Å²) in [4.78, 5) is 20.8. The minimum Gasteiger partial charge on any atom is -0.396 e. The summed E-state index contributed by atoms with van der Waals surface area (Å²) in [6.07, 6.45) is 11.9. The van der Waals surface area contributed by atoms with E-state index in [1.807, 2.05) is 0 Å². The molecule has 0 radical (unpaired) electrons. The molecule has 8 nitrogen and oxygen atoms in total. The maximum Gasteiger partial charge on any atom is 0.228 e. The molecule has 0 unspecified atom stereocenters. The number of nitrogens with one attached hydrogen (secondary N) is 2. The van der Waals surface area contributed by atoms with Crippen molar-refractivity contribution in [1.82, 2.24) is 24.6 Å². The van der Waals surface area contributed by atoms with Gasteiger partial charge in [0.05, 0.1) is 34.8 Å². The lowest BCUT2D eigenvalue weighted by atomic mass is 10.0. The molecule has 0 saturated heterocycles. The number of carbonyl (C=O) groups excluding carboxylic acids is 1. The molecule has 158 valence electrons. The molecule has 1 fully saturated rings. The highest BCUT2D eigenvalue weighted by Crippen LogP contribution is 2.39. The molecule has 3 heterocycles. The predicted octanol–water partition coefficient (Wildman–Crippen LogP) is 3.81. The zero-order valence-electron chi connectivity index (χ0n) is 16.3. The van der Waals surface area contributed by atoms with Crippen LogP contribution in [-0.4, -0.2) is 42.2 Å². The Bertz CT molecular complexity index is 1340. The molecule has 3 N–H and O–H groups in total. The van der Waals surface area contributed by atoms with E-state index in [1.54, 1.807) is 35.1 Å². The third kappa shape index (κ3) is 3.55. The maximum absolute atomic E-state index is 15.1. The number of aromatic amines is 1. The third-order valence-electron chi connectivity index (χ3n) is 5.20. The van der Waals surface area contributed by atoms with Crippen molar-refractivity contribution >= 4 is 46.0 Å². The van der Waals surface area contributed by atoms with Crippen LogP contribution in [-0.2, 0) is 4.79 Å². The topological polar surface area (TPSA) is 108 Å². The van der Waals surface area contributed by atoms with Gasteiger partial charge in [0.25, 0.3) is 0 Å². The summed E-state index contributed by atoms with van der Waals surface area (Å²) >= 11 is 6.43. The smallest absolute Gasteiger partial charge is 0.228 e. The second-order valence-corrected chi connectivity index (χ2v) is 7.80. The number of imidazole rings is 1. The summed E-state index contributed by atoms with van der Waals surface area (Å²) in [6.45, 7) is -0.0337. The summed E-state index contributed by atoms with van der Waals surface area (Å²) in [7, 11) is 0. The Hall–Kier alpha value is -3.30. The average Bonchev–Trinajstić information content (AvgIpc) is 3.38. The van der Waals surface area contributed by atoms with Crippen molar-refractivity contribution in [3.05, 3.63) is 47.3 Å². The van der Waals surface area contributed by atoms with Crippen molar-refractivity contribution in [2.24, 2.45) is 5.92 Å². The number of hydrogen-bond acceptors (Lipinski definition) is 5. The van der Waals surface area contributed by atoms with Crippen molar-refractivity contribution in [3.8, 4) is 11.3 Å². The minimum absolute atomic E-state index is 0.0337. The standard InChI is InChI=1S/C21H18ClFN6O2/c22-18-17(13-7-25-28-20(13)12(19(18)23)3-1-2-6-30)14-9-29-10-15(26-16(29)8-24-14)27-21(31)11-4-5-11/h1,3,7-11,30H,2,4-6H2,(H,25,28)(H,27,31)/b3-1+. The number of aliphatic hydroxyl groups is 1. The van der Waals surface area contributed by atoms with Crippen molar-refractivity contribution in [3.63, 3.8) is 0 Å². The molecule has 0 atom stereocenters. The number of fused-ring (bicyclic) bond motifs is 2. The lowest BCUT2D eigenvalue weighted by Gasteiger charge is -2.10. The predicted molar refractivity (Wildman–Crippen MR) is 115 cm³/mol. The molecule has 0 aliphatic heterocycles. The Morgan fingerprint density at radius 1 is 1.39 bits per heavy atom. The van der Waals surface area contributed by atoms with E-state index in [1.165, 1.54) is 6.20 Å². The Balaban J connectivity index is 1.58. The Morgan fingerprint density at radius 3 is 3.00 bits per heavy atom. The summed E-state index contributed by atoms with van der Waals surface area (Å²) < 4.78 is 16.8. The highest BCUT2D eigenvalue weighted by molar-refractivity contribution is 6.35. The van der Waals surface area contributed by atoms with Crippen LogP contribution in [0, 0.1) is 11.7 Å². The molecule has 10 heteroatoms. The molecule has 1 aliphatic carbocycles. The fourth-order valence-electron chi connectivity index (χ4n) is 3.48. The lowest BCUT2D eigenvalue weighted by Crippen LogP contribution is -2.13. The van der Waals surface area contributed by atoms with Crippen molar-refractivity contribution in [2.75, 3.05) is 11.9 Å². The first-order valence-electron chi connectivity index (χ1n) is 9.84. The van der Waals surface area contributed by atoms with Crippen LogP contribution in [0.25, 0.3) is 33.9 Å². The van der Waals surface area contributed by atoms with E-state index in [-0.39, 0.29) is 29.0 Å². The third-order valence-corrected chi connectivity index (χ3v) is 5.56. The molecule has 31 heavy (non-hydrogen) atoms. The van der Waals surface area contributed by atoms with E-state index in [9.17, 15) is 4.79 Å². The van der Waals surface area contributed by atoms with Gasteiger partial charge in [-0.15, -0.1) is 0 Å². The molecule has 1 aliphatic rings. The monoisotopic (exact) mass is 440 g/mol. The first-order valence-corrected chi connectivity index (χ1v) is 10.2. The molecule has 1 aromatic carbocycles. The van der Waals surface area contributed by atoms with Gasteiger partial charge in [0, 0.05) is 35.2 Å². The van der Waals surface area contributed by atoms with Crippen LogP contribution < -0.4 is 5.32 Å². The van der Waals surface area contributed by atoms with Gasteiger partial charge in [-0.1, -0.05) is 23.8 Å². The Labute approximate surface area is 180 Å². The number of H-pyrrole nitrogens is 1. The van der Waals surface area contributed by atoms with Crippen LogP contribution in [0.5, 0.6) is 0 Å². The molecule has 0 bridgehead atoms. The van der Waals surface area contributed by atoms with Crippen LogP contribution in [0.3, 0.4) is 0 Å². The van der Waals surface area contributed by atoms with Crippen LogP contribution in [0.1, 0.15) is 24.8 Å². The van der Waals surface area contributed by atoms with Gasteiger partial charge in [0.1, 0.15) is 0 Å². The number of amides is 1. The average molecular weight is 441 g/mol. The highest BCUT2D eigenvalue weighted by Gasteiger charge is 2.30. The molecule has 4 aromatic rings. The van der Waals surface area contributed by atoms with Gasteiger partial charge in [-0.05, 0) is 19.3 Å². The van der Waals surface area contributed by atoms with Gasteiger partial charge < -0.3 is 14.8 Å². The zero-order valence-corrected chi connectivity index (χ0v) is 17.0. The van der Waals surface area contributed by atoms with Crippen molar-refractivity contribution in [1.29, 1.82) is 0 Å². The molecular formula is C21H18ClFN6O2. The number of halogens is 2. The molecular weight excluding hydrogens is 423 g/mol. The quantitative estimate of drug-likeness (QED) is 0.422. The summed E-state index contributed by atoms with van der Waals surface area (Å²) in [5.74, 6) is -0.135. The van der Waals surface area contributed by atoms with E-state index < -0.39 is 5.82 Å². The highest BCUT2D eigenvalue weighted by atomic mass is 35.5. The van der Waals surface area contributed by atoms with E-state index in [0.29, 0.717) is 40.0 Å². The normalized spacial score (nSPS) is 14.2. The molecule has 5 rings (SSSR count). The molecule has 3 aromatic heterocycles. The summed E-state index contributed by atoms with van der Waals surface area (Å²) in [5.41, 5.74) is 2.13. The SMILES string of the molecule is O=C(Nc1cn2cc(-c3c(Cl)c(F)c(/C=C/CCO)c4[nH]ncc34)ncc2n1)C1CC1. The number of nitrogens with zero attached hydrogens (tertiary/aromatic N) is 4. The van der Waals surface area contributed by atoms with Crippen LogP contribution in [0.15, 0.2) is 30.9 Å². The molecule has 0 spiro atoms. The number of hydrogen-bond donors (Lipinski definition) is 3. The van der Waals surface area contributed by atoms with Crippen molar-refractivity contribution in [2.45, 2.75) is 19.3 Å². The Kier molecular flexibility index (Phi) is 4.91. The number of aromatic nitrogens is 5. The molecule has 1 saturated carbocycles. The second kappa shape index (κ2) is 7.75. The van der Waals surface area contributed by atoms with Gasteiger partial charge in [-0.25, -0.2) is 9.37 Å². The first-order chi connectivity index (χ1) is 15.1. The van der Waals surface area contributed by atoms with Crippen LogP contribution in [0.4, 0.5) is 10.2 Å². The second-order valence-electron chi connectivity index (χ2n) is 7.42. The van der Waals surface area contributed by atoms with E-state index in [2.05, 4.69) is 25.5 Å². The number of carbonyl (C=O) groups is 1. The number of anilines is 1. The lowest BCUT2D eigenvalue weighted by molar-refractivity contribution is -0.117. The van der Waals surface area contributed by atoms with Gasteiger partial charge in [0.2, 0.25) is 5.91 Å². The van der Waals surface area contributed by atoms with E-state index in [4.69, 9.17) is 16.7 Å². The number of benzene rings is 1. The van der Waals surface area contributed by atoms with Gasteiger partial charge in [0.15, 0.2) is 17.3 Å². The van der Waals surface area contributed by atoms with Crippen LogP contribution >= 0.6 is 11.6 Å². The molecule has 1 amide bonds. The first kappa shape index (κ1) is 19.7. The fraction of sp³-hybridized carbons (Fsp3) is 0.238. The van der Waals surface area contributed by atoms with Gasteiger partial charge >= 0.3 is 0 Å². The maximum atomic E-state index is 15.1. The number of rotatable bonds is 6. The largest absolute Gasteiger partial charge is 0.396 e.